The molecule has 4 nitrogen and oxygen atoms in total. The molecule has 0 fully saturated rings. The lowest BCUT2D eigenvalue weighted by Crippen LogP contribution is -2.04. The molecule has 0 aliphatic rings. The standard InChI is InChI=1S/C20H26O4.2C2H6/c1-15-13-17(21-3)7-9-19(15)23-11-5-6-12-24-20-10-8-18(22-4)14-16(20)2;2*1-2/h7-10,13-14H,5-6,11-12H2,1-4H3;2*1-2H3. The highest BCUT2D eigenvalue weighted by Crippen LogP contribution is 2.24. The van der Waals surface area contributed by atoms with Crippen LogP contribution >= 0.6 is 0 Å². The van der Waals surface area contributed by atoms with Gasteiger partial charge in [0.1, 0.15) is 23.0 Å². The molecule has 0 saturated carbocycles. The van der Waals surface area contributed by atoms with E-state index in [1.807, 2.05) is 77.9 Å². The average molecular weight is 391 g/mol. The SMILES string of the molecule is CC.CC.COc1ccc(OCCCCOc2ccc(OC)cc2C)c(C)c1. The molecule has 0 amide bonds. The molecule has 0 atom stereocenters. The Morgan fingerprint density at radius 3 is 1.25 bits per heavy atom. The fourth-order valence-corrected chi connectivity index (χ4v) is 2.39. The first kappa shape index (κ1) is 25.6. The second-order valence-electron chi connectivity index (χ2n) is 5.67. The molecular formula is C24H38O4. The van der Waals surface area contributed by atoms with Gasteiger partial charge in [0.2, 0.25) is 0 Å². The topological polar surface area (TPSA) is 36.9 Å². The first-order chi connectivity index (χ1) is 13.6. The van der Waals surface area contributed by atoms with Crippen LogP contribution in [0.2, 0.25) is 0 Å². The van der Waals surface area contributed by atoms with E-state index in [9.17, 15) is 0 Å². The molecule has 2 aromatic rings. The van der Waals surface area contributed by atoms with Gasteiger partial charge in [-0.05, 0) is 74.2 Å². The molecule has 0 heterocycles. The summed E-state index contributed by atoms with van der Waals surface area (Å²) in [5, 5.41) is 0. The summed E-state index contributed by atoms with van der Waals surface area (Å²) < 4.78 is 22.0. The van der Waals surface area contributed by atoms with Crippen LogP contribution in [0.4, 0.5) is 0 Å². The Balaban J connectivity index is 0.00000171. The van der Waals surface area contributed by atoms with Crippen LogP contribution in [0.25, 0.3) is 0 Å². The minimum absolute atomic E-state index is 0.679. The lowest BCUT2D eigenvalue weighted by atomic mass is 10.2. The van der Waals surface area contributed by atoms with Gasteiger partial charge in [0.05, 0.1) is 27.4 Å². The summed E-state index contributed by atoms with van der Waals surface area (Å²) in [6.45, 7) is 13.4. The van der Waals surface area contributed by atoms with Crippen LogP contribution < -0.4 is 18.9 Å². The third kappa shape index (κ3) is 9.03. The molecule has 0 unspecified atom stereocenters. The zero-order valence-electron chi connectivity index (χ0n) is 18.9. The molecule has 0 aliphatic carbocycles. The van der Waals surface area contributed by atoms with Crippen molar-refractivity contribution in [2.75, 3.05) is 27.4 Å². The first-order valence-electron chi connectivity index (χ1n) is 10.2. The van der Waals surface area contributed by atoms with Gasteiger partial charge in [0.15, 0.2) is 0 Å². The van der Waals surface area contributed by atoms with Crippen molar-refractivity contribution in [3.05, 3.63) is 47.5 Å². The highest BCUT2D eigenvalue weighted by atomic mass is 16.5. The zero-order chi connectivity index (χ0) is 21.4. The third-order valence-corrected chi connectivity index (χ3v) is 3.82. The van der Waals surface area contributed by atoms with Crippen LogP contribution in [-0.4, -0.2) is 27.4 Å². The van der Waals surface area contributed by atoms with Gasteiger partial charge in [-0.25, -0.2) is 0 Å². The van der Waals surface area contributed by atoms with Crippen molar-refractivity contribution in [1.29, 1.82) is 0 Å². The van der Waals surface area contributed by atoms with Gasteiger partial charge in [-0.15, -0.1) is 0 Å². The second-order valence-corrected chi connectivity index (χ2v) is 5.67. The molecule has 2 aromatic carbocycles. The van der Waals surface area contributed by atoms with Crippen LogP contribution in [0.15, 0.2) is 36.4 Å². The van der Waals surface area contributed by atoms with Crippen molar-refractivity contribution in [1.82, 2.24) is 0 Å². The van der Waals surface area contributed by atoms with E-state index in [-0.39, 0.29) is 0 Å². The largest absolute Gasteiger partial charge is 0.497 e. The van der Waals surface area contributed by atoms with Gasteiger partial charge in [0, 0.05) is 0 Å². The summed E-state index contributed by atoms with van der Waals surface area (Å²) in [5.41, 5.74) is 2.17. The lowest BCUT2D eigenvalue weighted by Gasteiger charge is -2.12. The van der Waals surface area contributed by atoms with Gasteiger partial charge in [-0.1, -0.05) is 27.7 Å². The number of unbranched alkanes of at least 4 members (excludes halogenated alkanes) is 1. The molecule has 0 aliphatic heterocycles. The van der Waals surface area contributed by atoms with Crippen molar-refractivity contribution in [2.45, 2.75) is 54.4 Å². The van der Waals surface area contributed by atoms with Crippen molar-refractivity contribution in [3.8, 4) is 23.0 Å². The maximum atomic E-state index is 5.81. The fourth-order valence-electron chi connectivity index (χ4n) is 2.39. The second kappa shape index (κ2) is 15.7. The molecule has 2 rings (SSSR count). The van der Waals surface area contributed by atoms with Crippen LogP contribution in [-0.2, 0) is 0 Å². The monoisotopic (exact) mass is 390 g/mol. The third-order valence-electron chi connectivity index (χ3n) is 3.82. The smallest absolute Gasteiger partial charge is 0.122 e. The number of hydrogen-bond acceptors (Lipinski definition) is 4. The summed E-state index contributed by atoms with van der Waals surface area (Å²) in [6.07, 6.45) is 1.89. The Bertz CT molecular complexity index is 596. The van der Waals surface area contributed by atoms with E-state index < -0.39 is 0 Å². The Hall–Kier alpha value is -2.36. The molecule has 0 N–H and O–H groups in total. The Morgan fingerprint density at radius 1 is 0.607 bits per heavy atom. The summed E-state index contributed by atoms with van der Waals surface area (Å²) in [4.78, 5) is 0. The van der Waals surface area contributed by atoms with E-state index in [2.05, 4.69) is 0 Å². The van der Waals surface area contributed by atoms with E-state index in [4.69, 9.17) is 18.9 Å². The van der Waals surface area contributed by atoms with Crippen LogP contribution in [0.5, 0.6) is 23.0 Å². The molecule has 4 heteroatoms. The Morgan fingerprint density at radius 2 is 0.964 bits per heavy atom. The molecule has 28 heavy (non-hydrogen) atoms. The molecule has 0 saturated heterocycles. The first-order valence-corrected chi connectivity index (χ1v) is 10.2. The maximum absolute atomic E-state index is 5.81. The van der Waals surface area contributed by atoms with Crippen LogP contribution in [0.1, 0.15) is 51.7 Å². The molecule has 0 radical (unpaired) electrons. The van der Waals surface area contributed by atoms with Gasteiger partial charge in [0.25, 0.3) is 0 Å². The number of ether oxygens (including phenoxy) is 4. The maximum Gasteiger partial charge on any atom is 0.122 e. The average Bonchev–Trinajstić information content (AvgIpc) is 2.75. The molecular weight excluding hydrogens is 352 g/mol. The van der Waals surface area contributed by atoms with Crippen molar-refractivity contribution < 1.29 is 18.9 Å². The van der Waals surface area contributed by atoms with E-state index >= 15 is 0 Å². The van der Waals surface area contributed by atoms with Crippen molar-refractivity contribution in [2.24, 2.45) is 0 Å². The number of rotatable bonds is 9. The summed E-state index contributed by atoms with van der Waals surface area (Å²) in [5.74, 6) is 3.51. The predicted octanol–water partition coefficient (Wildman–Crippen LogP) is 6.61. The normalized spacial score (nSPS) is 9.29. The molecule has 158 valence electrons. The summed E-state index contributed by atoms with van der Waals surface area (Å²) in [7, 11) is 3.33. The van der Waals surface area contributed by atoms with E-state index in [0.29, 0.717) is 13.2 Å². The van der Waals surface area contributed by atoms with Crippen LogP contribution in [0.3, 0.4) is 0 Å². The predicted molar refractivity (Wildman–Crippen MR) is 118 cm³/mol. The van der Waals surface area contributed by atoms with Crippen molar-refractivity contribution >= 4 is 0 Å². The van der Waals surface area contributed by atoms with Gasteiger partial charge >= 0.3 is 0 Å². The Labute approximate surface area is 171 Å². The van der Waals surface area contributed by atoms with Crippen LogP contribution in [0, 0.1) is 13.8 Å². The van der Waals surface area contributed by atoms with Gasteiger partial charge in [-0.2, -0.15) is 0 Å². The molecule has 0 aromatic heterocycles. The summed E-state index contributed by atoms with van der Waals surface area (Å²) >= 11 is 0. The highest BCUT2D eigenvalue weighted by molar-refractivity contribution is 5.40. The van der Waals surface area contributed by atoms with Crippen molar-refractivity contribution in [3.63, 3.8) is 0 Å². The highest BCUT2D eigenvalue weighted by Gasteiger charge is 2.03. The molecule has 0 bridgehead atoms. The number of benzene rings is 2. The Kier molecular flexibility index (Phi) is 14.4. The fraction of sp³-hybridized carbons (Fsp3) is 0.500. The lowest BCUT2D eigenvalue weighted by molar-refractivity contribution is 0.264. The zero-order valence-corrected chi connectivity index (χ0v) is 18.9. The van der Waals surface area contributed by atoms with E-state index in [1.165, 1.54) is 0 Å². The number of methoxy groups -OCH3 is 2. The quantitative estimate of drug-likeness (QED) is 0.451. The van der Waals surface area contributed by atoms with E-state index in [1.54, 1.807) is 14.2 Å². The molecule has 0 spiro atoms. The van der Waals surface area contributed by atoms with Gasteiger partial charge < -0.3 is 18.9 Å². The van der Waals surface area contributed by atoms with Gasteiger partial charge in [-0.3, -0.25) is 0 Å². The minimum Gasteiger partial charge on any atom is -0.497 e. The minimum atomic E-state index is 0.679. The van der Waals surface area contributed by atoms with E-state index in [0.717, 1.165) is 47.0 Å². The summed E-state index contributed by atoms with van der Waals surface area (Å²) in [6, 6.07) is 11.7. The number of hydrogen-bond donors (Lipinski definition) is 0. The number of aryl methyl sites for hydroxylation is 2.